The molecule has 2 aromatic rings. The third-order valence-electron chi connectivity index (χ3n) is 5.97. The minimum absolute atomic E-state index is 0.0361. The van der Waals surface area contributed by atoms with E-state index in [1.807, 2.05) is 18.0 Å². The van der Waals surface area contributed by atoms with E-state index >= 15 is 0 Å². The first-order chi connectivity index (χ1) is 13.2. The van der Waals surface area contributed by atoms with Gasteiger partial charge in [0.15, 0.2) is 17.2 Å². The van der Waals surface area contributed by atoms with Gasteiger partial charge in [-0.25, -0.2) is 14.8 Å². The number of rotatable bonds is 4. The molecule has 0 amide bonds. The molecule has 1 saturated heterocycles. The summed E-state index contributed by atoms with van der Waals surface area (Å²) in [5.41, 5.74) is 1.87. The lowest BCUT2D eigenvalue weighted by molar-refractivity contribution is -0.150. The molecule has 0 aromatic carbocycles. The topological polar surface area (TPSA) is 107 Å². The van der Waals surface area contributed by atoms with Crippen molar-refractivity contribution in [2.75, 3.05) is 18.9 Å². The van der Waals surface area contributed by atoms with Crippen molar-refractivity contribution >= 4 is 17.6 Å². The van der Waals surface area contributed by atoms with E-state index in [0.717, 1.165) is 49.2 Å². The fourth-order valence-electron chi connectivity index (χ4n) is 4.21. The molecule has 2 aromatic heterocycles. The van der Waals surface area contributed by atoms with Crippen LogP contribution in [-0.2, 0) is 28.6 Å². The number of aryl methyl sites for hydroxylation is 1. The standard InChI is InChI=1S/C20H28N6O2/c1-19(2,3)14-11-15(25-24-14)22-16-12-7-5-8-13(12)21-17(23-16)20(18(27)28)9-6-10-26(20)4/h11H,5-10H2,1-4H3,(H,27,28)(H2,21,22,23,24,25)/t20-/m1/s1. The smallest absolute Gasteiger partial charge is 0.332 e. The fraction of sp³-hybridized carbons (Fsp3) is 0.600. The second kappa shape index (κ2) is 6.55. The summed E-state index contributed by atoms with van der Waals surface area (Å²) in [6.45, 7) is 7.09. The molecule has 1 atom stereocenters. The number of fused-ring (bicyclic) bond motifs is 1. The quantitative estimate of drug-likeness (QED) is 0.744. The molecule has 4 rings (SSSR count). The molecule has 0 unspecified atom stereocenters. The number of hydrogen-bond acceptors (Lipinski definition) is 6. The molecule has 3 heterocycles. The Hall–Kier alpha value is -2.48. The summed E-state index contributed by atoms with van der Waals surface area (Å²) in [6.07, 6.45) is 4.09. The van der Waals surface area contributed by atoms with E-state index in [0.29, 0.717) is 23.9 Å². The zero-order valence-electron chi connectivity index (χ0n) is 17.0. The predicted molar refractivity (Wildman–Crippen MR) is 106 cm³/mol. The van der Waals surface area contributed by atoms with Crippen LogP contribution in [-0.4, -0.2) is 49.7 Å². The van der Waals surface area contributed by atoms with Gasteiger partial charge in [-0.05, 0) is 45.7 Å². The van der Waals surface area contributed by atoms with E-state index in [1.54, 1.807) is 0 Å². The molecule has 0 saturated carbocycles. The van der Waals surface area contributed by atoms with Gasteiger partial charge in [0.1, 0.15) is 5.82 Å². The SMILES string of the molecule is CN1CCC[C@]1(C(=O)O)c1nc2c(c(Nc3cc(C(C)(C)C)[nH]n3)n1)CCC2. The Morgan fingerprint density at radius 3 is 2.68 bits per heavy atom. The Bertz CT molecular complexity index is 916. The summed E-state index contributed by atoms with van der Waals surface area (Å²) >= 11 is 0. The van der Waals surface area contributed by atoms with Crippen molar-refractivity contribution in [3.05, 3.63) is 28.8 Å². The van der Waals surface area contributed by atoms with Crippen LogP contribution in [0.4, 0.5) is 11.6 Å². The first-order valence-corrected chi connectivity index (χ1v) is 9.89. The number of nitrogens with one attached hydrogen (secondary N) is 2. The lowest BCUT2D eigenvalue weighted by atomic mass is 9.92. The van der Waals surface area contributed by atoms with Gasteiger partial charge in [-0.1, -0.05) is 20.8 Å². The van der Waals surface area contributed by atoms with Crippen molar-refractivity contribution in [2.45, 2.75) is 63.8 Å². The monoisotopic (exact) mass is 384 g/mol. The summed E-state index contributed by atoms with van der Waals surface area (Å²) < 4.78 is 0. The first kappa shape index (κ1) is 18.9. The van der Waals surface area contributed by atoms with Gasteiger partial charge in [0, 0.05) is 28.4 Å². The highest BCUT2D eigenvalue weighted by atomic mass is 16.4. The Labute approximate surface area is 164 Å². The molecule has 150 valence electrons. The number of H-pyrrole nitrogens is 1. The molecular weight excluding hydrogens is 356 g/mol. The van der Waals surface area contributed by atoms with Crippen LogP contribution >= 0.6 is 0 Å². The highest BCUT2D eigenvalue weighted by Gasteiger charge is 2.50. The minimum Gasteiger partial charge on any atom is -0.480 e. The number of anilines is 2. The lowest BCUT2D eigenvalue weighted by Gasteiger charge is -2.30. The predicted octanol–water partition coefficient (Wildman–Crippen LogP) is 2.74. The molecule has 1 aliphatic carbocycles. The molecule has 0 bridgehead atoms. The van der Waals surface area contributed by atoms with Gasteiger partial charge in [-0.3, -0.25) is 10.00 Å². The van der Waals surface area contributed by atoms with E-state index in [-0.39, 0.29) is 5.41 Å². The summed E-state index contributed by atoms with van der Waals surface area (Å²) in [5, 5.41) is 20.8. The van der Waals surface area contributed by atoms with Crippen molar-refractivity contribution in [2.24, 2.45) is 0 Å². The number of carboxylic acid groups (broad SMARTS) is 1. The number of carboxylic acids is 1. The zero-order chi connectivity index (χ0) is 20.1. The maximum Gasteiger partial charge on any atom is 0.332 e. The largest absolute Gasteiger partial charge is 0.480 e. The van der Waals surface area contributed by atoms with Crippen LogP contribution in [0, 0.1) is 0 Å². The first-order valence-electron chi connectivity index (χ1n) is 9.89. The van der Waals surface area contributed by atoms with E-state index < -0.39 is 11.5 Å². The van der Waals surface area contributed by atoms with Gasteiger partial charge in [0.2, 0.25) is 0 Å². The van der Waals surface area contributed by atoms with Crippen molar-refractivity contribution in [1.82, 2.24) is 25.1 Å². The van der Waals surface area contributed by atoms with Gasteiger partial charge in [-0.2, -0.15) is 5.10 Å². The number of aliphatic carboxylic acids is 1. The van der Waals surface area contributed by atoms with Crippen molar-refractivity contribution < 1.29 is 9.90 Å². The molecule has 28 heavy (non-hydrogen) atoms. The molecule has 2 aliphatic rings. The highest BCUT2D eigenvalue weighted by molar-refractivity contribution is 5.80. The lowest BCUT2D eigenvalue weighted by Crippen LogP contribution is -2.47. The number of aromatic nitrogens is 4. The van der Waals surface area contributed by atoms with Crippen molar-refractivity contribution in [3.63, 3.8) is 0 Å². The number of likely N-dealkylation sites (N-methyl/N-ethyl adjacent to an activating group) is 1. The van der Waals surface area contributed by atoms with Crippen LogP contribution in [0.1, 0.15) is 62.8 Å². The molecule has 1 fully saturated rings. The number of likely N-dealkylation sites (tertiary alicyclic amines) is 1. The van der Waals surface area contributed by atoms with Gasteiger partial charge in [0.25, 0.3) is 0 Å². The maximum atomic E-state index is 12.3. The summed E-state index contributed by atoms with van der Waals surface area (Å²) in [6, 6.07) is 1.98. The third kappa shape index (κ3) is 2.96. The van der Waals surface area contributed by atoms with Crippen molar-refractivity contribution in [1.29, 1.82) is 0 Å². The van der Waals surface area contributed by atoms with Crippen LogP contribution in [0.15, 0.2) is 6.07 Å². The second-order valence-corrected chi connectivity index (χ2v) is 8.91. The molecule has 8 heteroatoms. The molecule has 8 nitrogen and oxygen atoms in total. The highest BCUT2D eigenvalue weighted by Crippen LogP contribution is 2.39. The Kier molecular flexibility index (Phi) is 4.41. The average Bonchev–Trinajstić information content (AvgIpc) is 3.32. The molecule has 0 spiro atoms. The summed E-state index contributed by atoms with van der Waals surface area (Å²) in [4.78, 5) is 23.6. The summed E-state index contributed by atoms with van der Waals surface area (Å²) in [5.74, 6) is 0.874. The van der Waals surface area contributed by atoms with Crippen LogP contribution in [0.5, 0.6) is 0 Å². The summed E-state index contributed by atoms with van der Waals surface area (Å²) in [7, 11) is 1.84. The molecule has 0 radical (unpaired) electrons. The molecular formula is C20H28N6O2. The third-order valence-corrected chi connectivity index (χ3v) is 5.97. The molecule has 1 aliphatic heterocycles. The maximum absolute atomic E-state index is 12.3. The number of nitrogens with zero attached hydrogens (tertiary/aromatic N) is 4. The minimum atomic E-state index is -1.16. The van der Waals surface area contributed by atoms with Crippen LogP contribution in [0.3, 0.4) is 0 Å². The van der Waals surface area contributed by atoms with E-state index in [4.69, 9.17) is 9.97 Å². The van der Waals surface area contributed by atoms with Crippen LogP contribution in [0.2, 0.25) is 0 Å². The number of aromatic amines is 1. The average molecular weight is 384 g/mol. The van der Waals surface area contributed by atoms with Crippen LogP contribution in [0.25, 0.3) is 0 Å². The fourth-order valence-corrected chi connectivity index (χ4v) is 4.21. The van der Waals surface area contributed by atoms with Gasteiger partial charge in [-0.15, -0.1) is 0 Å². The Balaban J connectivity index is 1.76. The van der Waals surface area contributed by atoms with Gasteiger partial charge >= 0.3 is 5.97 Å². The molecule has 3 N–H and O–H groups in total. The Morgan fingerprint density at radius 2 is 2.07 bits per heavy atom. The zero-order valence-corrected chi connectivity index (χ0v) is 17.0. The number of carbonyl (C=O) groups is 1. The van der Waals surface area contributed by atoms with Crippen molar-refractivity contribution in [3.8, 4) is 0 Å². The van der Waals surface area contributed by atoms with E-state index in [1.165, 1.54) is 0 Å². The van der Waals surface area contributed by atoms with Gasteiger partial charge in [0.05, 0.1) is 0 Å². The van der Waals surface area contributed by atoms with Gasteiger partial charge < -0.3 is 10.4 Å². The van der Waals surface area contributed by atoms with E-state index in [2.05, 4.69) is 36.3 Å². The van der Waals surface area contributed by atoms with E-state index in [9.17, 15) is 9.90 Å². The Morgan fingerprint density at radius 1 is 1.29 bits per heavy atom. The number of hydrogen-bond donors (Lipinski definition) is 3. The normalized spacial score (nSPS) is 22.4. The second-order valence-electron chi connectivity index (χ2n) is 8.91. The van der Waals surface area contributed by atoms with Crippen LogP contribution < -0.4 is 5.32 Å².